The van der Waals surface area contributed by atoms with Crippen LogP contribution in [-0.4, -0.2) is 49.6 Å². The number of anilines is 2. The van der Waals surface area contributed by atoms with Crippen LogP contribution in [0.5, 0.6) is 5.75 Å². The predicted octanol–water partition coefficient (Wildman–Crippen LogP) is 3.93. The summed E-state index contributed by atoms with van der Waals surface area (Å²) in [7, 11) is 0. The van der Waals surface area contributed by atoms with Crippen LogP contribution in [0.3, 0.4) is 0 Å². The van der Waals surface area contributed by atoms with Gasteiger partial charge in [0.1, 0.15) is 18.2 Å². The second kappa shape index (κ2) is 11.4. The number of morpholine rings is 1. The van der Waals surface area contributed by atoms with Crippen molar-refractivity contribution in [2.45, 2.75) is 6.61 Å². The summed E-state index contributed by atoms with van der Waals surface area (Å²) >= 11 is 0. The number of nitrogens with one attached hydrogen (secondary N) is 2. The number of halogens is 1. The smallest absolute Gasteiger partial charge is 0.259 e. The molecule has 0 atom stereocenters. The number of hydrogen-bond donors (Lipinski definition) is 2. The molecule has 3 aromatic rings. The summed E-state index contributed by atoms with van der Waals surface area (Å²) in [6.45, 7) is 3.30. The number of nitrogens with zero attached hydrogens (tertiary/aromatic N) is 1. The fraction of sp³-hybridized carbons (Fsp3) is 0.231. The van der Waals surface area contributed by atoms with E-state index < -0.39 is 0 Å². The zero-order valence-electron chi connectivity index (χ0n) is 18.6. The van der Waals surface area contributed by atoms with Gasteiger partial charge in [0, 0.05) is 24.5 Å². The van der Waals surface area contributed by atoms with E-state index in [-0.39, 0.29) is 24.2 Å². The molecule has 1 aliphatic rings. The summed E-state index contributed by atoms with van der Waals surface area (Å²) in [5.41, 5.74) is 2.42. The summed E-state index contributed by atoms with van der Waals surface area (Å²) in [6, 6.07) is 19.9. The van der Waals surface area contributed by atoms with Crippen molar-refractivity contribution in [3.63, 3.8) is 0 Å². The third-order valence-corrected chi connectivity index (χ3v) is 5.34. The summed E-state index contributed by atoms with van der Waals surface area (Å²) in [5.74, 6) is -0.299. The molecule has 0 radical (unpaired) electrons. The molecule has 0 aliphatic carbocycles. The first-order valence-corrected chi connectivity index (χ1v) is 11.0. The van der Waals surface area contributed by atoms with Gasteiger partial charge in [0.25, 0.3) is 5.91 Å². The van der Waals surface area contributed by atoms with Gasteiger partial charge in [-0.15, -0.1) is 0 Å². The highest BCUT2D eigenvalue weighted by Crippen LogP contribution is 2.22. The monoisotopic (exact) mass is 463 g/mol. The van der Waals surface area contributed by atoms with Crippen LogP contribution in [0.4, 0.5) is 15.8 Å². The maximum Gasteiger partial charge on any atom is 0.259 e. The average Bonchev–Trinajstić information content (AvgIpc) is 2.85. The van der Waals surface area contributed by atoms with Gasteiger partial charge >= 0.3 is 0 Å². The van der Waals surface area contributed by atoms with Gasteiger partial charge < -0.3 is 20.1 Å². The molecule has 2 amide bonds. The lowest BCUT2D eigenvalue weighted by molar-refractivity contribution is -0.118. The maximum absolute atomic E-state index is 13.1. The maximum atomic E-state index is 13.1. The van der Waals surface area contributed by atoms with Gasteiger partial charge in [0.05, 0.1) is 25.3 Å². The van der Waals surface area contributed by atoms with Crippen LogP contribution >= 0.6 is 0 Å². The van der Waals surface area contributed by atoms with E-state index in [2.05, 4.69) is 10.6 Å². The standard InChI is InChI=1S/C26H26FN3O4/c27-20-7-5-19(6-8-20)18-34-24-4-2-1-3-23(24)26(32)29-22-11-9-21(10-12-22)28-25(31)17-30-13-15-33-16-14-30/h1-12H,13-18H2,(H,28,31)(H,29,32). The molecule has 176 valence electrons. The topological polar surface area (TPSA) is 79.9 Å². The van der Waals surface area contributed by atoms with E-state index in [1.807, 2.05) is 4.90 Å². The Bertz CT molecular complexity index is 1110. The van der Waals surface area contributed by atoms with Crippen LogP contribution in [-0.2, 0) is 16.1 Å². The number of para-hydroxylation sites is 1. The van der Waals surface area contributed by atoms with Gasteiger partial charge in [-0.2, -0.15) is 0 Å². The van der Waals surface area contributed by atoms with Crippen LogP contribution in [0, 0.1) is 5.82 Å². The molecule has 0 aromatic heterocycles. The molecule has 3 aromatic carbocycles. The normalized spacial score (nSPS) is 13.8. The van der Waals surface area contributed by atoms with Gasteiger partial charge in [-0.1, -0.05) is 24.3 Å². The summed E-state index contributed by atoms with van der Waals surface area (Å²) in [5, 5.41) is 5.72. The molecule has 1 heterocycles. The Kier molecular flexibility index (Phi) is 7.85. The van der Waals surface area contributed by atoms with Gasteiger partial charge in [-0.25, -0.2) is 4.39 Å². The Hall–Kier alpha value is -3.75. The molecule has 0 spiro atoms. The highest BCUT2D eigenvalue weighted by molar-refractivity contribution is 6.06. The number of benzene rings is 3. The van der Waals surface area contributed by atoms with Crippen molar-refractivity contribution in [3.8, 4) is 5.75 Å². The Morgan fingerprint density at radius 3 is 2.24 bits per heavy atom. The zero-order valence-corrected chi connectivity index (χ0v) is 18.6. The molecule has 34 heavy (non-hydrogen) atoms. The molecule has 0 unspecified atom stereocenters. The fourth-order valence-electron chi connectivity index (χ4n) is 3.52. The largest absolute Gasteiger partial charge is 0.488 e. The Morgan fingerprint density at radius 1 is 0.882 bits per heavy atom. The van der Waals surface area contributed by atoms with Crippen molar-refractivity contribution >= 4 is 23.2 Å². The second-order valence-electron chi connectivity index (χ2n) is 7.88. The minimum atomic E-state index is -0.321. The molecule has 0 bridgehead atoms. The van der Waals surface area contributed by atoms with Crippen molar-refractivity contribution in [1.82, 2.24) is 4.90 Å². The number of carbonyl (C=O) groups excluding carboxylic acids is 2. The van der Waals surface area contributed by atoms with Crippen LogP contribution in [0.15, 0.2) is 72.8 Å². The molecular weight excluding hydrogens is 437 g/mol. The van der Waals surface area contributed by atoms with Gasteiger partial charge in [-0.05, 0) is 54.1 Å². The van der Waals surface area contributed by atoms with Gasteiger partial charge in [0.15, 0.2) is 0 Å². The molecule has 2 N–H and O–H groups in total. The number of hydrogen-bond acceptors (Lipinski definition) is 5. The van der Waals surface area contributed by atoms with E-state index in [1.165, 1.54) is 12.1 Å². The van der Waals surface area contributed by atoms with Crippen LogP contribution in [0.1, 0.15) is 15.9 Å². The third-order valence-electron chi connectivity index (χ3n) is 5.34. The first kappa shape index (κ1) is 23.4. The van der Waals surface area contributed by atoms with Crippen LogP contribution < -0.4 is 15.4 Å². The van der Waals surface area contributed by atoms with E-state index in [9.17, 15) is 14.0 Å². The van der Waals surface area contributed by atoms with Crippen molar-refractivity contribution in [2.75, 3.05) is 43.5 Å². The van der Waals surface area contributed by atoms with E-state index in [0.29, 0.717) is 42.4 Å². The SMILES string of the molecule is O=C(CN1CCOCC1)Nc1ccc(NC(=O)c2ccccc2OCc2ccc(F)cc2)cc1. The quantitative estimate of drug-likeness (QED) is 0.529. The number of carbonyl (C=O) groups is 2. The lowest BCUT2D eigenvalue weighted by Gasteiger charge is -2.25. The van der Waals surface area contributed by atoms with Crippen molar-refractivity contribution in [2.24, 2.45) is 0 Å². The van der Waals surface area contributed by atoms with Crippen molar-refractivity contribution in [1.29, 1.82) is 0 Å². The number of ether oxygens (including phenoxy) is 2. The molecule has 1 fully saturated rings. The third kappa shape index (κ3) is 6.63. The van der Waals surface area contributed by atoms with Crippen molar-refractivity contribution in [3.05, 3.63) is 89.7 Å². The lowest BCUT2D eigenvalue weighted by Crippen LogP contribution is -2.41. The summed E-state index contributed by atoms with van der Waals surface area (Å²) < 4.78 is 24.2. The minimum Gasteiger partial charge on any atom is -0.488 e. The molecule has 1 saturated heterocycles. The second-order valence-corrected chi connectivity index (χ2v) is 7.88. The molecule has 8 heteroatoms. The molecule has 1 aliphatic heterocycles. The minimum absolute atomic E-state index is 0.0917. The summed E-state index contributed by atoms with van der Waals surface area (Å²) in [4.78, 5) is 27.1. The molecular formula is C26H26FN3O4. The Balaban J connectivity index is 1.32. The summed E-state index contributed by atoms with van der Waals surface area (Å²) in [6.07, 6.45) is 0. The number of amides is 2. The van der Waals surface area contributed by atoms with E-state index >= 15 is 0 Å². The van der Waals surface area contributed by atoms with E-state index in [4.69, 9.17) is 9.47 Å². The average molecular weight is 464 g/mol. The highest BCUT2D eigenvalue weighted by atomic mass is 19.1. The Labute approximate surface area is 197 Å². The lowest BCUT2D eigenvalue weighted by atomic mass is 10.1. The highest BCUT2D eigenvalue weighted by Gasteiger charge is 2.15. The molecule has 7 nitrogen and oxygen atoms in total. The molecule has 4 rings (SSSR count). The van der Waals surface area contributed by atoms with Crippen molar-refractivity contribution < 1.29 is 23.5 Å². The fourth-order valence-corrected chi connectivity index (χ4v) is 3.52. The zero-order chi connectivity index (χ0) is 23.8. The van der Waals surface area contributed by atoms with E-state index in [0.717, 1.165) is 18.7 Å². The van der Waals surface area contributed by atoms with E-state index in [1.54, 1.807) is 60.7 Å². The van der Waals surface area contributed by atoms with Crippen LogP contribution in [0.2, 0.25) is 0 Å². The first-order valence-electron chi connectivity index (χ1n) is 11.0. The first-order chi connectivity index (χ1) is 16.6. The number of rotatable bonds is 8. The van der Waals surface area contributed by atoms with Gasteiger partial charge in [-0.3, -0.25) is 14.5 Å². The predicted molar refractivity (Wildman–Crippen MR) is 127 cm³/mol. The molecule has 0 saturated carbocycles. The van der Waals surface area contributed by atoms with Gasteiger partial charge in [0.2, 0.25) is 5.91 Å². The Morgan fingerprint density at radius 2 is 1.53 bits per heavy atom. The van der Waals surface area contributed by atoms with Crippen LogP contribution in [0.25, 0.3) is 0 Å².